The van der Waals surface area contributed by atoms with Crippen molar-refractivity contribution in [3.05, 3.63) is 0 Å². The van der Waals surface area contributed by atoms with E-state index in [4.69, 9.17) is 21.1 Å². The molecule has 0 aliphatic heterocycles. The zero-order valence-electron chi connectivity index (χ0n) is 9.79. The topological polar surface area (TPSA) is 162 Å². The van der Waals surface area contributed by atoms with E-state index in [-0.39, 0.29) is 6.54 Å². The summed E-state index contributed by atoms with van der Waals surface area (Å²) in [6.45, 7) is 0.0950. The molecule has 0 aromatic rings. The SMILES string of the molecule is C[C@@H](O)[C@H](NC(=O)[C@H](CO)NC(=O)CN)C(=O)O. The summed E-state index contributed by atoms with van der Waals surface area (Å²) in [7, 11) is 0. The van der Waals surface area contributed by atoms with Crippen molar-refractivity contribution in [2.45, 2.75) is 25.1 Å². The second kappa shape index (κ2) is 7.58. The van der Waals surface area contributed by atoms with Crippen LogP contribution in [0, 0.1) is 0 Å². The average Bonchev–Trinajstić information content (AvgIpc) is 2.31. The fourth-order valence-electron chi connectivity index (χ4n) is 1.09. The van der Waals surface area contributed by atoms with Crippen molar-refractivity contribution >= 4 is 17.8 Å². The van der Waals surface area contributed by atoms with Gasteiger partial charge in [-0.3, -0.25) is 9.59 Å². The predicted molar refractivity (Wildman–Crippen MR) is 59.3 cm³/mol. The first kappa shape index (κ1) is 16.3. The van der Waals surface area contributed by atoms with Gasteiger partial charge >= 0.3 is 5.97 Å². The lowest BCUT2D eigenvalue weighted by Gasteiger charge is -2.21. The number of carbonyl (C=O) groups excluding carboxylic acids is 2. The summed E-state index contributed by atoms with van der Waals surface area (Å²) >= 11 is 0. The number of rotatable bonds is 7. The molecule has 7 N–H and O–H groups in total. The van der Waals surface area contributed by atoms with Gasteiger partial charge in [0.1, 0.15) is 6.04 Å². The number of carboxylic acid groups (broad SMARTS) is 1. The molecule has 0 rings (SSSR count). The summed E-state index contributed by atoms with van der Waals surface area (Å²) in [4.78, 5) is 33.2. The molecule has 0 aliphatic carbocycles. The van der Waals surface area contributed by atoms with Crippen molar-refractivity contribution in [3.8, 4) is 0 Å². The Morgan fingerprint density at radius 2 is 1.83 bits per heavy atom. The fourth-order valence-corrected chi connectivity index (χ4v) is 1.09. The summed E-state index contributed by atoms with van der Waals surface area (Å²) in [5, 5.41) is 30.9. The zero-order chi connectivity index (χ0) is 14.3. The minimum atomic E-state index is -1.53. The Morgan fingerprint density at radius 3 is 2.17 bits per heavy atom. The number of amides is 2. The van der Waals surface area contributed by atoms with E-state index in [9.17, 15) is 14.4 Å². The number of hydrogen-bond acceptors (Lipinski definition) is 6. The molecule has 0 aromatic heterocycles. The van der Waals surface area contributed by atoms with E-state index in [1.165, 1.54) is 6.92 Å². The van der Waals surface area contributed by atoms with Gasteiger partial charge in [0, 0.05) is 0 Å². The first-order valence-electron chi connectivity index (χ1n) is 5.15. The van der Waals surface area contributed by atoms with Gasteiger partial charge in [-0.05, 0) is 6.92 Å². The minimum Gasteiger partial charge on any atom is -0.480 e. The summed E-state index contributed by atoms with van der Waals surface area (Å²) in [6.07, 6.45) is -1.32. The molecule has 18 heavy (non-hydrogen) atoms. The highest BCUT2D eigenvalue weighted by Gasteiger charge is 2.28. The van der Waals surface area contributed by atoms with Crippen molar-refractivity contribution in [1.29, 1.82) is 0 Å². The Morgan fingerprint density at radius 1 is 1.28 bits per heavy atom. The summed E-state index contributed by atoms with van der Waals surface area (Å²) < 4.78 is 0. The van der Waals surface area contributed by atoms with Crippen LogP contribution in [-0.2, 0) is 14.4 Å². The molecule has 3 atom stereocenters. The molecule has 0 aromatic carbocycles. The average molecular weight is 263 g/mol. The van der Waals surface area contributed by atoms with Gasteiger partial charge in [-0.1, -0.05) is 0 Å². The summed E-state index contributed by atoms with van der Waals surface area (Å²) in [5.41, 5.74) is 5.01. The lowest BCUT2D eigenvalue weighted by atomic mass is 10.1. The predicted octanol–water partition coefficient (Wildman–Crippen LogP) is -3.63. The highest BCUT2D eigenvalue weighted by Crippen LogP contribution is 1.95. The smallest absolute Gasteiger partial charge is 0.328 e. The summed E-state index contributed by atoms with van der Waals surface area (Å²) in [6, 6.07) is -2.84. The molecule has 0 saturated carbocycles. The third-order valence-corrected chi connectivity index (χ3v) is 2.07. The van der Waals surface area contributed by atoms with E-state index in [1.54, 1.807) is 0 Å². The van der Waals surface area contributed by atoms with Crippen LogP contribution in [0.25, 0.3) is 0 Å². The second-order valence-electron chi connectivity index (χ2n) is 3.57. The lowest BCUT2D eigenvalue weighted by Crippen LogP contribution is -2.56. The zero-order valence-corrected chi connectivity index (χ0v) is 9.79. The number of carbonyl (C=O) groups is 3. The van der Waals surface area contributed by atoms with Crippen molar-refractivity contribution < 1.29 is 29.7 Å². The third kappa shape index (κ3) is 5.08. The first-order valence-corrected chi connectivity index (χ1v) is 5.15. The Balaban J connectivity index is 4.60. The third-order valence-electron chi connectivity index (χ3n) is 2.07. The van der Waals surface area contributed by atoms with Crippen LogP contribution in [0.5, 0.6) is 0 Å². The summed E-state index contributed by atoms with van der Waals surface area (Å²) in [5.74, 6) is -3.03. The van der Waals surface area contributed by atoms with Crippen LogP contribution in [0.2, 0.25) is 0 Å². The molecule has 9 nitrogen and oxygen atoms in total. The molecular formula is C9H17N3O6. The van der Waals surface area contributed by atoms with Gasteiger partial charge in [0.25, 0.3) is 0 Å². The number of nitrogens with two attached hydrogens (primary N) is 1. The molecule has 2 amide bonds. The van der Waals surface area contributed by atoms with E-state index < -0.39 is 42.6 Å². The van der Waals surface area contributed by atoms with Crippen LogP contribution < -0.4 is 16.4 Å². The molecule has 0 unspecified atom stereocenters. The van der Waals surface area contributed by atoms with Crippen molar-refractivity contribution in [2.24, 2.45) is 5.73 Å². The molecule has 0 fully saturated rings. The van der Waals surface area contributed by atoms with Crippen molar-refractivity contribution in [1.82, 2.24) is 10.6 Å². The molecular weight excluding hydrogens is 246 g/mol. The number of nitrogens with one attached hydrogen (secondary N) is 2. The van der Waals surface area contributed by atoms with Crippen LogP contribution in [0.4, 0.5) is 0 Å². The van der Waals surface area contributed by atoms with Gasteiger partial charge in [-0.15, -0.1) is 0 Å². The highest BCUT2D eigenvalue weighted by atomic mass is 16.4. The molecule has 0 radical (unpaired) electrons. The quantitative estimate of drug-likeness (QED) is 0.276. The standard InChI is InChI=1S/C9H17N3O6/c1-4(14)7(9(17)18)12-8(16)5(3-13)11-6(15)2-10/h4-5,7,13-14H,2-3,10H2,1H3,(H,11,15)(H,12,16)(H,17,18)/t4-,5+,7+/m1/s1. The number of carboxylic acids is 1. The Kier molecular flexibility index (Phi) is 6.86. The van der Waals surface area contributed by atoms with Crippen LogP contribution in [-0.4, -0.2) is 64.4 Å². The van der Waals surface area contributed by atoms with Crippen LogP contribution in [0.15, 0.2) is 0 Å². The van der Waals surface area contributed by atoms with Crippen LogP contribution in [0.1, 0.15) is 6.92 Å². The number of aliphatic hydroxyl groups excluding tert-OH is 2. The van der Waals surface area contributed by atoms with E-state index in [0.29, 0.717) is 0 Å². The second-order valence-corrected chi connectivity index (χ2v) is 3.57. The van der Waals surface area contributed by atoms with Crippen LogP contribution >= 0.6 is 0 Å². The largest absolute Gasteiger partial charge is 0.480 e. The van der Waals surface area contributed by atoms with Gasteiger partial charge in [0.15, 0.2) is 6.04 Å². The minimum absolute atomic E-state index is 0.372. The maximum Gasteiger partial charge on any atom is 0.328 e. The van der Waals surface area contributed by atoms with Gasteiger partial charge < -0.3 is 31.7 Å². The molecule has 0 saturated heterocycles. The van der Waals surface area contributed by atoms with E-state index >= 15 is 0 Å². The molecule has 9 heteroatoms. The normalized spacial score (nSPS) is 15.3. The molecule has 0 aliphatic rings. The van der Waals surface area contributed by atoms with Gasteiger partial charge in [0.2, 0.25) is 11.8 Å². The monoisotopic (exact) mass is 263 g/mol. The maximum absolute atomic E-state index is 11.5. The van der Waals surface area contributed by atoms with Crippen LogP contribution in [0.3, 0.4) is 0 Å². The van der Waals surface area contributed by atoms with Crippen molar-refractivity contribution in [2.75, 3.05) is 13.2 Å². The fraction of sp³-hybridized carbons (Fsp3) is 0.667. The molecule has 0 heterocycles. The number of aliphatic carboxylic acids is 1. The van der Waals surface area contributed by atoms with E-state index in [2.05, 4.69) is 5.32 Å². The molecule has 104 valence electrons. The Hall–Kier alpha value is -1.71. The maximum atomic E-state index is 11.5. The van der Waals surface area contributed by atoms with Gasteiger partial charge in [0.05, 0.1) is 19.3 Å². The first-order chi connectivity index (χ1) is 8.33. The highest BCUT2D eigenvalue weighted by molar-refractivity contribution is 5.91. The molecule has 0 bridgehead atoms. The number of hydrogen-bond donors (Lipinski definition) is 6. The van der Waals surface area contributed by atoms with Crippen molar-refractivity contribution in [3.63, 3.8) is 0 Å². The number of aliphatic hydroxyl groups is 2. The van der Waals surface area contributed by atoms with Gasteiger partial charge in [-0.2, -0.15) is 0 Å². The lowest BCUT2D eigenvalue weighted by molar-refractivity contribution is -0.145. The van der Waals surface area contributed by atoms with E-state index in [1.807, 2.05) is 5.32 Å². The van der Waals surface area contributed by atoms with Gasteiger partial charge in [-0.25, -0.2) is 4.79 Å². The Bertz CT molecular complexity index is 319. The molecule has 0 spiro atoms. The Labute approximate surface area is 103 Å². The van der Waals surface area contributed by atoms with E-state index in [0.717, 1.165) is 0 Å².